The Labute approximate surface area is 85.4 Å². The van der Waals surface area contributed by atoms with Gasteiger partial charge in [-0.1, -0.05) is 18.2 Å². The number of allylic oxidation sites excluding steroid dienone is 1. The third-order valence-corrected chi connectivity index (χ3v) is 2.80. The predicted molar refractivity (Wildman–Crippen MR) is 61.9 cm³/mol. The Morgan fingerprint density at radius 3 is 2.00 bits per heavy atom. The van der Waals surface area contributed by atoms with E-state index in [1.54, 1.807) is 0 Å². The fourth-order valence-corrected chi connectivity index (χ4v) is 2.04. The molecule has 2 nitrogen and oxygen atoms in total. The lowest BCUT2D eigenvalue weighted by Gasteiger charge is -2.24. The summed E-state index contributed by atoms with van der Waals surface area (Å²) in [7, 11) is 4.26. The van der Waals surface area contributed by atoms with Gasteiger partial charge in [-0.25, -0.2) is 0 Å². The van der Waals surface area contributed by atoms with Gasteiger partial charge >= 0.3 is 0 Å². The number of anilines is 2. The molecule has 0 aliphatic carbocycles. The molecular formula is C12H16N2. The van der Waals surface area contributed by atoms with E-state index in [9.17, 15) is 0 Å². The van der Waals surface area contributed by atoms with E-state index >= 15 is 0 Å². The van der Waals surface area contributed by atoms with Crippen LogP contribution in [-0.4, -0.2) is 20.3 Å². The van der Waals surface area contributed by atoms with Gasteiger partial charge in [0.05, 0.1) is 11.4 Å². The van der Waals surface area contributed by atoms with E-state index in [1.807, 2.05) is 0 Å². The van der Waals surface area contributed by atoms with Crippen LogP contribution in [0.15, 0.2) is 36.4 Å². The van der Waals surface area contributed by atoms with Crippen molar-refractivity contribution in [1.82, 2.24) is 0 Å². The van der Waals surface area contributed by atoms with E-state index in [4.69, 9.17) is 0 Å². The van der Waals surface area contributed by atoms with Crippen molar-refractivity contribution < 1.29 is 0 Å². The topological polar surface area (TPSA) is 6.48 Å². The first-order chi connectivity index (χ1) is 6.75. The van der Waals surface area contributed by atoms with Crippen LogP contribution in [-0.2, 0) is 0 Å². The van der Waals surface area contributed by atoms with E-state index < -0.39 is 0 Å². The number of nitrogens with zero attached hydrogens (tertiary/aromatic N) is 2. The van der Waals surface area contributed by atoms with Gasteiger partial charge in [-0.05, 0) is 25.1 Å². The molecule has 0 radical (unpaired) electrons. The summed E-state index contributed by atoms with van der Waals surface area (Å²) >= 11 is 0. The molecule has 1 aromatic rings. The fraction of sp³-hybridized carbons (Fsp3) is 0.333. The first kappa shape index (κ1) is 9.13. The standard InChI is InChI=1S/C12H16N2/c1-4-7-12-13(2)10-8-5-6-9-11(10)14(12)3/h4-9,12H,1-3H3/b7-4-. The average molecular weight is 188 g/mol. The molecule has 1 aromatic carbocycles. The maximum absolute atomic E-state index is 2.29. The van der Waals surface area contributed by atoms with E-state index in [0.29, 0.717) is 6.17 Å². The fourth-order valence-electron chi connectivity index (χ4n) is 2.04. The number of fused-ring (bicyclic) bond motifs is 1. The average Bonchev–Trinajstić information content (AvgIpc) is 2.45. The summed E-state index contributed by atoms with van der Waals surface area (Å²) in [6, 6.07) is 8.49. The molecule has 0 aromatic heterocycles. The molecular weight excluding hydrogens is 172 g/mol. The van der Waals surface area contributed by atoms with Crippen LogP contribution in [0.3, 0.4) is 0 Å². The molecule has 0 fully saturated rings. The number of likely N-dealkylation sites (N-methyl/N-ethyl adjacent to an activating group) is 2. The summed E-state index contributed by atoms with van der Waals surface area (Å²) in [4.78, 5) is 4.57. The number of hydrogen-bond acceptors (Lipinski definition) is 2. The molecule has 14 heavy (non-hydrogen) atoms. The molecule has 0 saturated carbocycles. The minimum atomic E-state index is 0.359. The van der Waals surface area contributed by atoms with Crippen molar-refractivity contribution in [3.63, 3.8) is 0 Å². The zero-order chi connectivity index (χ0) is 10.1. The smallest absolute Gasteiger partial charge is 0.120 e. The molecule has 0 spiro atoms. The van der Waals surface area contributed by atoms with Gasteiger partial charge in [-0.15, -0.1) is 0 Å². The van der Waals surface area contributed by atoms with Crippen LogP contribution < -0.4 is 9.80 Å². The van der Waals surface area contributed by atoms with Gasteiger partial charge in [0.15, 0.2) is 0 Å². The first-order valence-corrected chi connectivity index (χ1v) is 4.93. The van der Waals surface area contributed by atoms with Crippen molar-refractivity contribution in [2.45, 2.75) is 13.1 Å². The predicted octanol–water partition coefficient (Wildman–Crippen LogP) is 2.47. The zero-order valence-corrected chi connectivity index (χ0v) is 8.94. The molecule has 0 bridgehead atoms. The number of para-hydroxylation sites is 2. The number of benzene rings is 1. The van der Waals surface area contributed by atoms with Gasteiger partial charge in [-0.2, -0.15) is 0 Å². The highest BCUT2D eigenvalue weighted by atomic mass is 15.4. The Bertz CT molecular complexity index is 328. The van der Waals surface area contributed by atoms with Crippen molar-refractivity contribution in [2.75, 3.05) is 23.9 Å². The van der Waals surface area contributed by atoms with Crippen molar-refractivity contribution >= 4 is 11.4 Å². The lowest BCUT2D eigenvalue weighted by atomic mass is 10.3. The minimum absolute atomic E-state index is 0.359. The summed E-state index contributed by atoms with van der Waals surface area (Å²) in [6.07, 6.45) is 4.67. The number of hydrogen-bond donors (Lipinski definition) is 0. The Morgan fingerprint density at radius 1 is 1.07 bits per heavy atom. The Kier molecular flexibility index (Phi) is 2.20. The highest BCUT2D eigenvalue weighted by Gasteiger charge is 2.27. The third kappa shape index (κ3) is 1.18. The Morgan fingerprint density at radius 2 is 1.57 bits per heavy atom. The van der Waals surface area contributed by atoms with E-state index in [2.05, 4.69) is 67.2 Å². The van der Waals surface area contributed by atoms with Gasteiger partial charge in [0.25, 0.3) is 0 Å². The van der Waals surface area contributed by atoms with Crippen molar-refractivity contribution in [3.8, 4) is 0 Å². The van der Waals surface area contributed by atoms with Crippen LogP contribution in [0, 0.1) is 0 Å². The quantitative estimate of drug-likeness (QED) is 0.625. The zero-order valence-electron chi connectivity index (χ0n) is 8.94. The molecule has 0 N–H and O–H groups in total. The minimum Gasteiger partial charge on any atom is -0.349 e. The highest BCUT2D eigenvalue weighted by molar-refractivity contribution is 5.77. The van der Waals surface area contributed by atoms with E-state index in [0.717, 1.165) is 0 Å². The largest absolute Gasteiger partial charge is 0.349 e. The van der Waals surface area contributed by atoms with Gasteiger partial charge in [0.1, 0.15) is 6.17 Å². The molecule has 2 heteroatoms. The molecule has 2 rings (SSSR count). The summed E-state index contributed by atoms with van der Waals surface area (Å²) in [5.41, 5.74) is 2.61. The van der Waals surface area contributed by atoms with Crippen LogP contribution in [0.2, 0.25) is 0 Å². The molecule has 0 amide bonds. The second-order valence-electron chi connectivity index (χ2n) is 3.65. The van der Waals surface area contributed by atoms with E-state index in [1.165, 1.54) is 11.4 Å². The van der Waals surface area contributed by atoms with Crippen LogP contribution in [0.4, 0.5) is 11.4 Å². The van der Waals surface area contributed by atoms with Gasteiger partial charge in [0.2, 0.25) is 0 Å². The maximum atomic E-state index is 2.29. The highest BCUT2D eigenvalue weighted by Crippen LogP contribution is 2.37. The summed E-state index contributed by atoms with van der Waals surface area (Å²) in [6.45, 7) is 2.06. The molecule has 1 aliphatic rings. The third-order valence-electron chi connectivity index (χ3n) is 2.80. The number of rotatable bonds is 1. The van der Waals surface area contributed by atoms with Gasteiger partial charge in [0, 0.05) is 14.1 Å². The molecule has 1 aliphatic heterocycles. The van der Waals surface area contributed by atoms with E-state index in [-0.39, 0.29) is 0 Å². The SMILES string of the molecule is C/C=C\C1N(C)c2ccccc2N1C. The van der Waals surface area contributed by atoms with Crippen LogP contribution >= 0.6 is 0 Å². The second-order valence-corrected chi connectivity index (χ2v) is 3.65. The molecule has 74 valence electrons. The van der Waals surface area contributed by atoms with Crippen molar-refractivity contribution in [3.05, 3.63) is 36.4 Å². The van der Waals surface area contributed by atoms with Crippen molar-refractivity contribution in [1.29, 1.82) is 0 Å². The van der Waals surface area contributed by atoms with Crippen LogP contribution in [0.25, 0.3) is 0 Å². The second kappa shape index (κ2) is 3.37. The Balaban J connectivity index is 2.42. The summed E-state index contributed by atoms with van der Waals surface area (Å²) in [5.74, 6) is 0. The van der Waals surface area contributed by atoms with Crippen LogP contribution in [0.1, 0.15) is 6.92 Å². The van der Waals surface area contributed by atoms with Crippen LogP contribution in [0.5, 0.6) is 0 Å². The molecule has 0 saturated heterocycles. The summed E-state index contributed by atoms with van der Waals surface area (Å²) < 4.78 is 0. The monoisotopic (exact) mass is 188 g/mol. The lowest BCUT2D eigenvalue weighted by Crippen LogP contribution is -2.37. The molecule has 0 unspecified atom stereocenters. The van der Waals surface area contributed by atoms with Gasteiger partial charge in [-0.3, -0.25) is 0 Å². The first-order valence-electron chi connectivity index (χ1n) is 4.93. The normalized spacial score (nSPS) is 16.8. The van der Waals surface area contributed by atoms with Gasteiger partial charge < -0.3 is 9.80 Å². The lowest BCUT2D eigenvalue weighted by molar-refractivity contribution is 0.773. The van der Waals surface area contributed by atoms with Crippen molar-refractivity contribution in [2.24, 2.45) is 0 Å². The Hall–Kier alpha value is -1.44. The molecule has 1 heterocycles. The molecule has 0 atom stereocenters. The summed E-state index contributed by atoms with van der Waals surface area (Å²) in [5, 5.41) is 0. The maximum Gasteiger partial charge on any atom is 0.120 e.